The van der Waals surface area contributed by atoms with E-state index in [1.807, 2.05) is 13.8 Å². The molecule has 0 spiro atoms. The van der Waals surface area contributed by atoms with Gasteiger partial charge in [0.25, 0.3) is 5.91 Å². The van der Waals surface area contributed by atoms with Crippen LogP contribution in [0.3, 0.4) is 0 Å². The third-order valence-electron chi connectivity index (χ3n) is 3.12. The summed E-state index contributed by atoms with van der Waals surface area (Å²) in [4.78, 5) is 33.6. The molecule has 0 fully saturated rings. The maximum atomic E-state index is 12.0. The van der Waals surface area contributed by atoms with Crippen LogP contribution in [0.4, 0.5) is 10.6 Å². The summed E-state index contributed by atoms with van der Waals surface area (Å²) in [6.07, 6.45) is 0.922. The van der Waals surface area contributed by atoms with E-state index < -0.39 is 6.09 Å². The summed E-state index contributed by atoms with van der Waals surface area (Å²) in [6.45, 7) is 4.27. The lowest BCUT2D eigenvalue weighted by Crippen LogP contribution is -2.17. The Morgan fingerprint density at radius 3 is 2.72 bits per heavy atom. The molecule has 25 heavy (non-hydrogen) atoms. The molecule has 2 aromatic rings. The number of nitrogens with one attached hydrogen (secondary N) is 1. The molecule has 7 nitrogen and oxygen atoms in total. The highest BCUT2D eigenvalue weighted by atomic mass is 16.5. The number of anilines is 1. The van der Waals surface area contributed by atoms with Gasteiger partial charge in [-0.25, -0.2) is 9.78 Å². The highest BCUT2D eigenvalue weighted by molar-refractivity contribution is 6.01. The van der Waals surface area contributed by atoms with Gasteiger partial charge in [0.1, 0.15) is 5.82 Å². The SMILES string of the molecule is CC(C)COC(=O)Nc1ccc2cc(C(=O)N=CN(C)C)ccc2n1. The zero-order valence-corrected chi connectivity index (χ0v) is 14.8. The number of aromatic nitrogens is 1. The number of nitrogens with zero attached hydrogens (tertiary/aromatic N) is 3. The van der Waals surface area contributed by atoms with Crippen molar-refractivity contribution in [2.45, 2.75) is 13.8 Å². The third-order valence-corrected chi connectivity index (χ3v) is 3.12. The largest absolute Gasteiger partial charge is 0.449 e. The van der Waals surface area contributed by atoms with Gasteiger partial charge in [0.05, 0.1) is 18.5 Å². The minimum Gasteiger partial charge on any atom is -0.449 e. The molecular weight excluding hydrogens is 320 g/mol. The summed E-state index contributed by atoms with van der Waals surface area (Å²) in [5.74, 6) is 0.336. The van der Waals surface area contributed by atoms with Crippen molar-refractivity contribution in [3.05, 3.63) is 35.9 Å². The molecule has 2 amide bonds. The van der Waals surface area contributed by atoms with Crippen LogP contribution in [0.25, 0.3) is 10.9 Å². The Labute approximate surface area is 146 Å². The van der Waals surface area contributed by atoms with Crippen LogP contribution in [0.2, 0.25) is 0 Å². The van der Waals surface area contributed by atoms with Crippen molar-refractivity contribution < 1.29 is 14.3 Å². The van der Waals surface area contributed by atoms with Gasteiger partial charge >= 0.3 is 6.09 Å². The Kier molecular flexibility index (Phi) is 6.05. The van der Waals surface area contributed by atoms with Gasteiger partial charge in [-0.15, -0.1) is 0 Å². The van der Waals surface area contributed by atoms with E-state index in [9.17, 15) is 9.59 Å². The number of fused-ring (bicyclic) bond motifs is 1. The first-order valence-corrected chi connectivity index (χ1v) is 7.94. The zero-order chi connectivity index (χ0) is 18.4. The fourth-order valence-corrected chi connectivity index (χ4v) is 1.95. The Morgan fingerprint density at radius 2 is 2.04 bits per heavy atom. The molecule has 2 rings (SSSR count). The van der Waals surface area contributed by atoms with Crippen molar-refractivity contribution in [3.63, 3.8) is 0 Å². The molecule has 0 radical (unpaired) electrons. The number of carbonyl (C=O) groups is 2. The number of hydrogen-bond donors (Lipinski definition) is 1. The topological polar surface area (TPSA) is 83.9 Å². The van der Waals surface area contributed by atoms with Crippen molar-refractivity contribution in [1.29, 1.82) is 0 Å². The van der Waals surface area contributed by atoms with Gasteiger partial charge in [-0.05, 0) is 36.2 Å². The first-order valence-electron chi connectivity index (χ1n) is 7.94. The summed E-state index contributed by atoms with van der Waals surface area (Å²) >= 11 is 0. The lowest BCUT2D eigenvalue weighted by Gasteiger charge is -2.09. The van der Waals surface area contributed by atoms with E-state index in [4.69, 9.17) is 4.74 Å². The molecule has 0 saturated heterocycles. The standard InChI is InChI=1S/C18H22N4O3/c1-12(2)10-25-18(24)21-16-8-6-13-9-14(5-7-15(13)20-16)17(23)19-11-22(3)4/h5-9,11-12H,10H2,1-4H3,(H,20,21,24). The molecule has 0 aliphatic rings. The summed E-state index contributed by atoms with van der Waals surface area (Å²) in [6, 6.07) is 8.55. The van der Waals surface area contributed by atoms with E-state index in [1.165, 1.54) is 6.34 Å². The number of carbonyl (C=O) groups excluding carboxylic acids is 2. The van der Waals surface area contributed by atoms with Crippen LogP contribution in [-0.4, -0.2) is 48.9 Å². The highest BCUT2D eigenvalue weighted by Gasteiger charge is 2.08. The second kappa shape index (κ2) is 8.23. The van der Waals surface area contributed by atoms with Gasteiger partial charge in [-0.3, -0.25) is 10.1 Å². The molecule has 1 aromatic heterocycles. The third kappa shape index (κ3) is 5.56. The van der Waals surface area contributed by atoms with Gasteiger partial charge in [-0.1, -0.05) is 13.8 Å². The maximum absolute atomic E-state index is 12.0. The lowest BCUT2D eigenvalue weighted by atomic mass is 10.1. The average Bonchev–Trinajstić information content (AvgIpc) is 2.57. The average molecular weight is 342 g/mol. The lowest BCUT2D eigenvalue weighted by molar-refractivity contribution is 0.100. The van der Waals surface area contributed by atoms with Crippen molar-refractivity contribution >= 4 is 35.1 Å². The summed E-state index contributed by atoms with van der Waals surface area (Å²) in [5, 5.41) is 3.38. The summed E-state index contributed by atoms with van der Waals surface area (Å²) in [5.41, 5.74) is 1.14. The quantitative estimate of drug-likeness (QED) is 0.666. The number of amides is 2. The zero-order valence-electron chi connectivity index (χ0n) is 14.8. The molecular formula is C18H22N4O3. The van der Waals surface area contributed by atoms with Gasteiger partial charge in [0.2, 0.25) is 0 Å². The summed E-state index contributed by atoms with van der Waals surface area (Å²) < 4.78 is 5.06. The van der Waals surface area contributed by atoms with Crippen LogP contribution >= 0.6 is 0 Å². The van der Waals surface area contributed by atoms with E-state index >= 15 is 0 Å². The van der Waals surface area contributed by atoms with Gasteiger partial charge in [0, 0.05) is 25.0 Å². The smallest absolute Gasteiger partial charge is 0.412 e. The molecule has 1 aromatic carbocycles. The molecule has 0 saturated carbocycles. The fraction of sp³-hybridized carbons (Fsp3) is 0.333. The first kappa shape index (κ1) is 18.4. The minimum absolute atomic E-state index is 0.265. The van der Waals surface area contributed by atoms with E-state index in [-0.39, 0.29) is 11.8 Å². The molecule has 132 valence electrons. The van der Waals surface area contributed by atoms with Crippen LogP contribution in [0, 0.1) is 5.92 Å². The number of pyridine rings is 1. The first-order chi connectivity index (χ1) is 11.8. The monoisotopic (exact) mass is 342 g/mol. The number of rotatable bonds is 5. The maximum Gasteiger partial charge on any atom is 0.412 e. The summed E-state index contributed by atoms with van der Waals surface area (Å²) in [7, 11) is 3.59. The van der Waals surface area contributed by atoms with Gasteiger partial charge < -0.3 is 9.64 Å². The van der Waals surface area contributed by atoms with Crippen molar-refractivity contribution in [2.75, 3.05) is 26.0 Å². The molecule has 1 N–H and O–H groups in total. The van der Waals surface area contributed by atoms with Crippen LogP contribution < -0.4 is 5.32 Å². The van der Waals surface area contributed by atoms with Crippen LogP contribution in [0.15, 0.2) is 35.3 Å². The minimum atomic E-state index is -0.537. The Balaban J connectivity index is 2.12. The van der Waals surface area contributed by atoms with Crippen LogP contribution in [-0.2, 0) is 4.74 Å². The molecule has 0 bridgehead atoms. The number of hydrogen-bond acceptors (Lipinski definition) is 4. The van der Waals surface area contributed by atoms with E-state index in [2.05, 4.69) is 15.3 Å². The van der Waals surface area contributed by atoms with Crippen molar-refractivity contribution in [2.24, 2.45) is 10.9 Å². The van der Waals surface area contributed by atoms with Crippen LogP contribution in [0.1, 0.15) is 24.2 Å². The second-order valence-electron chi connectivity index (χ2n) is 6.23. The van der Waals surface area contributed by atoms with E-state index in [0.717, 1.165) is 5.39 Å². The van der Waals surface area contributed by atoms with Gasteiger partial charge in [0.15, 0.2) is 0 Å². The molecule has 1 heterocycles. The molecule has 0 atom stereocenters. The fourth-order valence-electron chi connectivity index (χ4n) is 1.95. The highest BCUT2D eigenvalue weighted by Crippen LogP contribution is 2.18. The Hall–Kier alpha value is -2.96. The normalized spacial score (nSPS) is 11.1. The van der Waals surface area contributed by atoms with Gasteiger partial charge in [-0.2, -0.15) is 4.99 Å². The number of aliphatic imine (C=N–C) groups is 1. The molecule has 0 unspecified atom stereocenters. The predicted molar refractivity (Wildman–Crippen MR) is 98.1 cm³/mol. The van der Waals surface area contributed by atoms with Crippen LogP contribution in [0.5, 0.6) is 0 Å². The van der Waals surface area contributed by atoms with Crippen molar-refractivity contribution in [3.8, 4) is 0 Å². The molecule has 0 aliphatic carbocycles. The Morgan fingerprint density at radius 1 is 1.28 bits per heavy atom. The molecule has 0 aliphatic heterocycles. The Bertz CT molecular complexity index is 800. The predicted octanol–water partition coefficient (Wildman–Crippen LogP) is 3.17. The second-order valence-corrected chi connectivity index (χ2v) is 6.23. The number of ether oxygens (including phenoxy) is 1. The number of benzene rings is 1. The molecule has 7 heteroatoms. The van der Waals surface area contributed by atoms with Crippen molar-refractivity contribution in [1.82, 2.24) is 9.88 Å². The van der Waals surface area contributed by atoms with E-state index in [0.29, 0.717) is 23.5 Å². The van der Waals surface area contributed by atoms with E-state index in [1.54, 1.807) is 49.3 Å².